The predicted octanol–water partition coefficient (Wildman–Crippen LogP) is 8.04. The first-order chi connectivity index (χ1) is 22.0. The van der Waals surface area contributed by atoms with E-state index in [0.29, 0.717) is 34.3 Å². The molecule has 0 aliphatic heterocycles. The third kappa shape index (κ3) is 9.83. The van der Waals surface area contributed by atoms with E-state index in [-0.39, 0.29) is 58.2 Å². The zero-order chi connectivity index (χ0) is 32.8. The molecule has 2 aliphatic carbocycles. The molecule has 0 unspecified atom stereocenters. The van der Waals surface area contributed by atoms with Crippen molar-refractivity contribution in [2.45, 2.75) is 58.0 Å². The molecule has 0 saturated heterocycles. The maximum atomic E-state index is 13.1. The van der Waals surface area contributed by atoms with Crippen LogP contribution in [-0.4, -0.2) is 32.6 Å². The first-order valence-corrected chi connectivity index (χ1v) is 15.1. The monoisotopic (exact) mass is 689 g/mol. The lowest BCUT2D eigenvalue weighted by Crippen LogP contribution is -2.25. The van der Waals surface area contributed by atoms with Gasteiger partial charge < -0.3 is 33.6 Å². The van der Waals surface area contributed by atoms with Crippen LogP contribution in [0, 0.1) is 17.0 Å². The van der Waals surface area contributed by atoms with Gasteiger partial charge in [0.2, 0.25) is 0 Å². The van der Waals surface area contributed by atoms with Gasteiger partial charge in [0.05, 0.1) is 13.2 Å². The Labute approximate surface area is 271 Å². The van der Waals surface area contributed by atoms with Gasteiger partial charge in [0, 0.05) is 12.0 Å². The van der Waals surface area contributed by atoms with Crippen molar-refractivity contribution in [3.8, 4) is 23.0 Å². The van der Waals surface area contributed by atoms with Crippen LogP contribution in [0.15, 0.2) is 48.8 Å². The summed E-state index contributed by atoms with van der Waals surface area (Å²) in [5, 5.41) is 11.8. The van der Waals surface area contributed by atoms with Gasteiger partial charge in [-0.05, 0) is 72.9 Å². The molecular formula is C31H29Cl2F4NO8. The van der Waals surface area contributed by atoms with Crippen molar-refractivity contribution in [2.75, 3.05) is 13.2 Å². The van der Waals surface area contributed by atoms with Gasteiger partial charge in [-0.2, -0.15) is 22.3 Å². The predicted molar refractivity (Wildman–Crippen MR) is 156 cm³/mol. The molecule has 0 spiro atoms. The van der Waals surface area contributed by atoms with Crippen LogP contribution in [0.1, 0.15) is 48.5 Å². The van der Waals surface area contributed by atoms with Crippen LogP contribution in [0.3, 0.4) is 0 Å². The summed E-state index contributed by atoms with van der Waals surface area (Å²) in [6.07, 6.45) is 3.59. The number of carbonyl (C=O) groups excluding carboxylic acids is 1. The maximum Gasteiger partial charge on any atom is 0.509 e. The lowest BCUT2D eigenvalue weighted by molar-refractivity contribution is -0.605. The summed E-state index contributed by atoms with van der Waals surface area (Å²) in [5.74, 6) is 0.362. The van der Waals surface area contributed by atoms with Crippen LogP contribution < -0.4 is 23.7 Å². The maximum absolute atomic E-state index is 13.1. The van der Waals surface area contributed by atoms with E-state index in [0.717, 1.165) is 38.1 Å². The van der Waals surface area contributed by atoms with Crippen LogP contribution in [0.25, 0.3) is 0 Å². The summed E-state index contributed by atoms with van der Waals surface area (Å²) in [6.45, 7) is -5.87. The molecule has 46 heavy (non-hydrogen) atoms. The zero-order valence-electron chi connectivity index (χ0n) is 24.1. The number of hydrogen-bond donors (Lipinski definition) is 0. The molecule has 248 valence electrons. The molecule has 15 heteroatoms. The SMILES string of the molecule is O=C(OCc1ccc(OC(F)F)c(OCC2CC2)c1)O[C@@H](Cc1c(Cl)c[n+]([O-])cc1Cl)c1ccc(OC(F)F)c(OCC2CC2)c1. The molecule has 1 heterocycles. The number of ether oxygens (including phenoxy) is 6. The Balaban J connectivity index is 1.35. The number of nitrogens with zero attached hydrogens (tertiary/aromatic N) is 1. The first-order valence-electron chi connectivity index (χ1n) is 14.4. The van der Waals surface area contributed by atoms with Crippen molar-refractivity contribution < 1.29 is 55.5 Å². The van der Waals surface area contributed by atoms with E-state index < -0.39 is 25.5 Å². The third-order valence-corrected chi connectivity index (χ3v) is 7.82. The standard InChI is InChI=1S/C31H29Cl2F4NO8/c32-22-12-38(40)13-23(33)21(22)11-26(20-6-8-25(45-30(36)37)28(10-20)42-15-18-3-4-18)46-31(39)43-16-19-5-7-24(44-29(34)35)27(9-19)41-14-17-1-2-17/h5-10,12-13,17-18,26,29-30H,1-4,11,14-16H2/t26-/m0/s1. The van der Waals surface area contributed by atoms with E-state index in [4.69, 9.17) is 42.1 Å². The van der Waals surface area contributed by atoms with Crippen molar-refractivity contribution >= 4 is 29.4 Å². The summed E-state index contributed by atoms with van der Waals surface area (Å²) in [5.41, 5.74) is 0.979. The second-order valence-electron chi connectivity index (χ2n) is 10.9. The van der Waals surface area contributed by atoms with Crippen molar-refractivity contribution in [3.05, 3.63) is 80.7 Å². The summed E-state index contributed by atoms with van der Waals surface area (Å²) in [7, 11) is 0. The summed E-state index contributed by atoms with van der Waals surface area (Å²) >= 11 is 12.6. The number of aromatic nitrogens is 1. The molecule has 2 saturated carbocycles. The number of pyridine rings is 1. The van der Waals surface area contributed by atoms with E-state index in [2.05, 4.69) is 9.47 Å². The Morgan fingerprint density at radius 1 is 0.826 bits per heavy atom. The number of halogens is 6. The molecular weight excluding hydrogens is 661 g/mol. The molecule has 2 fully saturated rings. The summed E-state index contributed by atoms with van der Waals surface area (Å²) in [4.78, 5) is 13.0. The lowest BCUT2D eigenvalue weighted by Gasteiger charge is -2.21. The molecule has 9 nitrogen and oxygen atoms in total. The molecule has 1 aromatic heterocycles. The fraction of sp³-hybridized carbons (Fsp3) is 0.419. The molecule has 2 aromatic carbocycles. The fourth-order valence-electron chi connectivity index (χ4n) is 4.39. The highest BCUT2D eigenvalue weighted by atomic mass is 35.5. The molecule has 1 atom stereocenters. The van der Waals surface area contributed by atoms with Gasteiger partial charge in [0.25, 0.3) is 0 Å². The number of benzene rings is 2. The van der Waals surface area contributed by atoms with Crippen LogP contribution >= 0.6 is 23.2 Å². The fourth-order valence-corrected chi connectivity index (χ4v) is 4.99. The number of rotatable bonds is 16. The van der Waals surface area contributed by atoms with Gasteiger partial charge in [0.1, 0.15) is 22.8 Å². The van der Waals surface area contributed by atoms with Gasteiger partial charge in [-0.3, -0.25) is 0 Å². The number of carbonyl (C=O) groups is 1. The Bertz CT molecular complexity index is 1500. The topological polar surface area (TPSA) is 99.4 Å². The van der Waals surface area contributed by atoms with Gasteiger partial charge >= 0.3 is 19.4 Å². The second kappa shape index (κ2) is 15.2. The number of hydrogen-bond acceptors (Lipinski definition) is 8. The van der Waals surface area contributed by atoms with Crippen molar-refractivity contribution in [2.24, 2.45) is 11.8 Å². The van der Waals surface area contributed by atoms with Crippen LogP contribution in [-0.2, 0) is 22.5 Å². The van der Waals surface area contributed by atoms with Gasteiger partial charge in [-0.1, -0.05) is 35.3 Å². The van der Waals surface area contributed by atoms with Gasteiger partial charge in [0.15, 0.2) is 35.4 Å². The quantitative estimate of drug-likeness (QED) is 0.0645. The smallest absolute Gasteiger partial charge is 0.509 e. The Morgan fingerprint density at radius 2 is 1.37 bits per heavy atom. The summed E-state index contributed by atoms with van der Waals surface area (Å²) < 4.78 is 83.9. The van der Waals surface area contributed by atoms with E-state index in [1.807, 2.05) is 0 Å². The molecule has 5 rings (SSSR count). The molecule has 0 N–H and O–H groups in total. The molecule has 0 amide bonds. The normalized spacial score (nSPS) is 15.0. The van der Waals surface area contributed by atoms with E-state index in [9.17, 15) is 27.6 Å². The highest BCUT2D eigenvalue weighted by Gasteiger charge is 2.27. The minimum atomic E-state index is -3.10. The zero-order valence-corrected chi connectivity index (χ0v) is 25.7. The molecule has 3 aromatic rings. The molecule has 0 radical (unpaired) electrons. The Hall–Kier alpha value is -3.84. The average Bonchev–Trinajstić information content (AvgIpc) is 3.92. The van der Waals surface area contributed by atoms with Crippen molar-refractivity contribution in [1.29, 1.82) is 0 Å². The average molecular weight is 690 g/mol. The lowest BCUT2D eigenvalue weighted by atomic mass is 10.0. The largest absolute Gasteiger partial charge is 0.619 e. The highest BCUT2D eigenvalue weighted by molar-refractivity contribution is 6.35. The Kier molecular flexibility index (Phi) is 11.1. The third-order valence-electron chi connectivity index (χ3n) is 7.17. The minimum absolute atomic E-state index is 0.00263. The van der Waals surface area contributed by atoms with Crippen LogP contribution in [0.4, 0.5) is 22.4 Å². The van der Waals surface area contributed by atoms with Crippen LogP contribution in [0.2, 0.25) is 10.0 Å². The van der Waals surface area contributed by atoms with E-state index in [1.54, 1.807) is 0 Å². The second-order valence-corrected chi connectivity index (χ2v) is 11.7. The number of alkyl halides is 4. The molecule has 0 bridgehead atoms. The highest BCUT2D eigenvalue weighted by Crippen LogP contribution is 2.38. The van der Waals surface area contributed by atoms with E-state index in [1.165, 1.54) is 36.4 Å². The Morgan fingerprint density at radius 3 is 1.91 bits per heavy atom. The van der Waals surface area contributed by atoms with E-state index >= 15 is 0 Å². The van der Waals surface area contributed by atoms with Crippen molar-refractivity contribution in [1.82, 2.24) is 0 Å². The first kappa shape index (κ1) is 33.5. The van der Waals surface area contributed by atoms with Gasteiger partial charge in [-0.15, -0.1) is 0 Å². The van der Waals surface area contributed by atoms with Gasteiger partial charge in [-0.25, -0.2) is 4.79 Å². The van der Waals surface area contributed by atoms with Crippen LogP contribution in [0.5, 0.6) is 23.0 Å². The summed E-state index contributed by atoms with van der Waals surface area (Å²) in [6, 6.07) is 8.22. The minimum Gasteiger partial charge on any atom is -0.619 e. The molecule has 2 aliphatic rings. The van der Waals surface area contributed by atoms with Crippen molar-refractivity contribution in [3.63, 3.8) is 0 Å².